The van der Waals surface area contributed by atoms with Gasteiger partial charge in [-0.15, -0.1) is 0 Å². The van der Waals surface area contributed by atoms with Gasteiger partial charge in [0.05, 0.1) is 17.9 Å². The van der Waals surface area contributed by atoms with E-state index in [-0.39, 0.29) is 5.91 Å². The minimum absolute atomic E-state index is 0.116. The highest BCUT2D eigenvalue weighted by molar-refractivity contribution is 5.93. The van der Waals surface area contributed by atoms with E-state index in [2.05, 4.69) is 10.4 Å². The van der Waals surface area contributed by atoms with Gasteiger partial charge in [0.2, 0.25) is 0 Å². The van der Waals surface area contributed by atoms with Crippen molar-refractivity contribution in [3.05, 3.63) is 47.8 Å². The fourth-order valence-electron chi connectivity index (χ4n) is 2.75. The Hall–Kier alpha value is -2.30. The molecule has 0 aliphatic heterocycles. The maximum Gasteiger partial charge on any atom is 0.254 e. The van der Waals surface area contributed by atoms with Crippen LogP contribution in [0.3, 0.4) is 0 Å². The molecule has 5 heteroatoms. The second-order valence-electron chi connectivity index (χ2n) is 5.76. The van der Waals surface area contributed by atoms with Crippen LogP contribution in [0.4, 0.5) is 0 Å². The molecule has 0 atom stereocenters. The monoisotopic (exact) mass is 299 g/mol. The van der Waals surface area contributed by atoms with Gasteiger partial charge < -0.3 is 10.1 Å². The van der Waals surface area contributed by atoms with Gasteiger partial charge in [-0.3, -0.25) is 9.48 Å². The summed E-state index contributed by atoms with van der Waals surface area (Å²) in [6.45, 7) is 0.482. The van der Waals surface area contributed by atoms with Crippen LogP contribution in [0.2, 0.25) is 0 Å². The molecule has 0 unspecified atom stereocenters. The van der Waals surface area contributed by atoms with Gasteiger partial charge in [0.1, 0.15) is 5.75 Å². The Morgan fingerprint density at radius 1 is 1.41 bits per heavy atom. The van der Waals surface area contributed by atoms with Crippen LogP contribution < -0.4 is 10.1 Å². The smallest absolute Gasteiger partial charge is 0.254 e. The first-order valence-electron chi connectivity index (χ1n) is 7.73. The third-order valence-corrected chi connectivity index (χ3v) is 3.92. The summed E-state index contributed by atoms with van der Waals surface area (Å²) in [5.74, 6) is 0.773. The quantitative estimate of drug-likeness (QED) is 0.923. The molecule has 1 N–H and O–H groups in total. The molecular formula is C17H21N3O2. The Morgan fingerprint density at radius 3 is 2.95 bits per heavy atom. The van der Waals surface area contributed by atoms with Gasteiger partial charge in [-0.05, 0) is 43.4 Å². The number of nitrogens with one attached hydrogen (secondary N) is 1. The number of benzene rings is 1. The summed E-state index contributed by atoms with van der Waals surface area (Å²) in [6, 6.07) is 7.94. The van der Waals surface area contributed by atoms with E-state index in [1.807, 2.05) is 24.3 Å². The van der Waals surface area contributed by atoms with Crippen molar-refractivity contribution in [2.45, 2.75) is 38.3 Å². The molecule has 1 aromatic heterocycles. The zero-order valence-electron chi connectivity index (χ0n) is 12.8. The number of aryl methyl sites for hydroxylation is 1. The molecule has 5 nitrogen and oxygen atoms in total. The third-order valence-electron chi connectivity index (χ3n) is 3.92. The first-order chi connectivity index (χ1) is 10.7. The molecule has 1 aliphatic carbocycles. The SMILES string of the molecule is Cn1cc(C(=O)NCc2cccc(OC3CCCC3)c2)cn1. The Labute approximate surface area is 130 Å². The van der Waals surface area contributed by atoms with E-state index in [1.54, 1.807) is 24.1 Å². The predicted octanol–water partition coefficient (Wildman–Crippen LogP) is 2.67. The standard InChI is InChI=1S/C17H21N3O2/c1-20-12-14(11-19-20)17(21)18-10-13-5-4-8-16(9-13)22-15-6-2-3-7-15/h4-5,8-9,11-12,15H,2-3,6-7,10H2,1H3,(H,18,21). The van der Waals surface area contributed by atoms with Gasteiger partial charge in [-0.25, -0.2) is 0 Å². The fourth-order valence-corrected chi connectivity index (χ4v) is 2.75. The fraction of sp³-hybridized carbons (Fsp3) is 0.412. The van der Waals surface area contributed by atoms with Gasteiger partial charge >= 0.3 is 0 Å². The second kappa shape index (κ2) is 6.64. The first-order valence-corrected chi connectivity index (χ1v) is 7.73. The minimum atomic E-state index is -0.116. The van der Waals surface area contributed by atoms with E-state index in [1.165, 1.54) is 12.8 Å². The number of hydrogen-bond donors (Lipinski definition) is 1. The van der Waals surface area contributed by atoms with Crippen molar-refractivity contribution in [2.75, 3.05) is 0 Å². The lowest BCUT2D eigenvalue weighted by molar-refractivity contribution is 0.0950. The number of rotatable bonds is 5. The summed E-state index contributed by atoms with van der Waals surface area (Å²) in [5, 5.41) is 6.90. The van der Waals surface area contributed by atoms with Gasteiger partial charge in [0, 0.05) is 19.8 Å². The molecule has 1 saturated carbocycles. The molecule has 116 valence electrons. The van der Waals surface area contributed by atoms with Crippen molar-refractivity contribution in [2.24, 2.45) is 7.05 Å². The molecule has 1 heterocycles. The summed E-state index contributed by atoms with van der Waals surface area (Å²) in [5.41, 5.74) is 1.61. The molecule has 1 aromatic carbocycles. The van der Waals surface area contributed by atoms with Gasteiger partial charge in [0.25, 0.3) is 5.91 Å². The lowest BCUT2D eigenvalue weighted by Crippen LogP contribution is -2.22. The average Bonchev–Trinajstić information content (AvgIpc) is 3.17. The number of carbonyl (C=O) groups excluding carboxylic acids is 1. The largest absolute Gasteiger partial charge is 0.490 e. The maximum atomic E-state index is 12.0. The van der Waals surface area contributed by atoms with Crippen LogP contribution in [0.15, 0.2) is 36.7 Å². The second-order valence-corrected chi connectivity index (χ2v) is 5.76. The third kappa shape index (κ3) is 3.67. The number of aromatic nitrogens is 2. The van der Waals surface area contributed by atoms with Crippen LogP contribution in [0.1, 0.15) is 41.6 Å². The molecule has 2 aromatic rings. The Bertz CT molecular complexity index is 645. The highest BCUT2D eigenvalue weighted by atomic mass is 16.5. The molecule has 1 aliphatic rings. The van der Waals surface area contributed by atoms with Crippen LogP contribution in [0, 0.1) is 0 Å². The molecule has 1 amide bonds. The van der Waals surface area contributed by atoms with E-state index in [4.69, 9.17) is 4.74 Å². The van der Waals surface area contributed by atoms with E-state index in [0.717, 1.165) is 24.2 Å². The van der Waals surface area contributed by atoms with E-state index in [9.17, 15) is 4.79 Å². The normalized spacial score (nSPS) is 15.0. The van der Waals surface area contributed by atoms with Crippen molar-refractivity contribution in [3.63, 3.8) is 0 Å². The number of ether oxygens (including phenoxy) is 1. The summed E-state index contributed by atoms with van der Waals surface area (Å²) >= 11 is 0. The minimum Gasteiger partial charge on any atom is -0.490 e. The number of carbonyl (C=O) groups is 1. The summed E-state index contributed by atoms with van der Waals surface area (Å²) < 4.78 is 7.60. The van der Waals surface area contributed by atoms with Gasteiger partial charge in [0.15, 0.2) is 0 Å². The van der Waals surface area contributed by atoms with Crippen molar-refractivity contribution >= 4 is 5.91 Å². The zero-order chi connectivity index (χ0) is 15.4. The highest BCUT2D eigenvalue weighted by Gasteiger charge is 2.16. The molecule has 1 fully saturated rings. The zero-order valence-corrected chi connectivity index (χ0v) is 12.8. The van der Waals surface area contributed by atoms with Crippen LogP contribution in [-0.2, 0) is 13.6 Å². The molecule has 3 rings (SSSR count). The van der Waals surface area contributed by atoms with Crippen molar-refractivity contribution < 1.29 is 9.53 Å². The Balaban J connectivity index is 1.57. The lowest BCUT2D eigenvalue weighted by Gasteiger charge is -2.14. The Kier molecular flexibility index (Phi) is 4.42. The van der Waals surface area contributed by atoms with E-state index < -0.39 is 0 Å². The van der Waals surface area contributed by atoms with E-state index in [0.29, 0.717) is 18.2 Å². The molecule has 22 heavy (non-hydrogen) atoms. The lowest BCUT2D eigenvalue weighted by atomic mass is 10.2. The molecule has 0 saturated heterocycles. The summed E-state index contributed by atoms with van der Waals surface area (Å²) in [6.07, 6.45) is 8.41. The summed E-state index contributed by atoms with van der Waals surface area (Å²) in [7, 11) is 1.79. The van der Waals surface area contributed by atoms with Crippen LogP contribution in [-0.4, -0.2) is 21.8 Å². The van der Waals surface area contributed by atoms with Crippen molar-refractivity contribution in [1.82, 2.24) is 15.1 Å². The van der Waals surface area contributed by atoms with Crippen LogP contribution >= 0.6 is 0 Å². The van der Waals surface area contributed by atoms with E-state index >= 15 is 0 Å². The van der Waals surface area contributed by atoms with Crippen LogP contribution in [0.25, 0.3) is 0 Å². The predicted molar refractivity (Wildman–Crippen MR) is 83.7 cm³/mol. The van der Waals surface area contributed by atoms with Crippen LogP contribution in [0.5, 0.6) is 5.75 Å². The Morgan fingerprint density at radius 2 is 2.23 bits per heavy atom. The highest BCUT2D eigenvalue weighted by Crippen LogP contribution is 2.24. The topological polar surface area (TPSA) is 56.2 Å². The number of amides is 1. The number of nitrogens with zero attached hydrogens (tertiary/aromatic N) is 2. The first kappa shape index (κ1) is 14.6. The van der Waals surface area contributed by atoms with Crippen molar-refractivity contribution in [3.8, 4) is 5.75 Å². The molecular weight excluding hydrogens is 278 g/mol. The average molecular weight is 299 g/mol. The van der Waals surface area contributed by atoms with Crippen molar-refractivity contribution in [1.29, 1.82) is 0 Å². The van der Waals surface area contributed by atoms with Gasteiger partial charge in [-0.2, -0.15) is 5.10 Å². The maximum absolute atomic E-state index is 12.0. The molecule has 0 radical (unpaired) electrons. The summed E-state index contributed by atoms with van der Waals surface area (Å²) in [4.78, 5) is 12.0. The van der Waals surface area contributed by atoms with Gasteiger partial charge in [-0.1, -0.05) is 12.1 Å². The molecule has 0 bridgehead atoms. The number of hydrogen-bond acceptors (Lipinski definition) is 3. The molecule has 0 spiro atoms.